The van der Waals surface area contributed by atoms with Crippen LogP contribution >= 0.6 is 0 Å². The van der Waals surface area contributed by atoms with Gasteiger partial charge in [0.2, 0.25) is 0 Å². The molecule has 4 nitrogen and oxygen atoms in total. The van der Waals surface area contributed by atoms with Crippen LogP contribution in [0.15, 0.2) is 36.4 Å². The first-order valence-corrected chi connectivity index (χ1v) is 4.43. The van der Waals surface area contributed by atoms with Gasteiger partial charge in [0.1, 0.15) is 5.75 Å². The molecule has 0 aromatic heterocycles. The molecule has 76 valence electrons. The van der Waals surface area contributed by atoms with Crippen molar-refractivity contribution in [3.63, 3.8) is 0 Å². The average molecular weight is 203 g/mol. The third-order valence-electron chi connectivity index (χ3n) is 2.26. The lowest BCUT2D eigenvalue weighted by atomic mass is 10.1. The van der Waals surface area contributed by atoms with Crippen LogP contribution in [0.2, 0.25) is 0 Å². The van der Waals surface area contributed by atoms with Crippen molar-refractivity contribution in [2.24, 2.45) is 0 Å². The van der Waals surface area contributed by atoms with Crippen molar-refractivity contribution >= 4 is 16.5 Å². The number of hydrogen-bond donors (Lipinski definition) is 0. The molecule has 0 aliphatic carbocycles. The Kier molecular flexibility index (Phi) is 2.25. The number of non-ortho nitro benzene ring substituents is 1. The van der Waals surface area contributed by atoms with Crippen LogP contribution in [0.25, 0.3) is 10.8 Å². The molecule has 0 aliphatic rings. The molecular weight excluding hydrogens is 194 g/mol. The second kappa shape index (κ2) is 3.57. The lowest BCUT2D eigenvalue weighted by molar-refractivity contribution is -0.383. The number of hydrogen-bond acceptors (Lipinski definition) is 3. The summed E-state index contributed by atoms with van der Waals surface area (Å²) in [4.78, 5) is 10.4. The van der Waals surface area contributed by atoms with E-state index in [2.05, 4.69) is 0 Å². The van der Waals surface area contributed by atoms with Gasteiger partial charge in [0, 0.05) is 6.07 Å². The van der Waals surface area contributed by atoms with Crippen molar-refractivity contribution in [3.05, 3.63) is 46.5 Å². The van der Waals surface area contributed by atoms with Gasteiger partial charge in [-0.25, -0.2) is 0 Å². The van der Waals surface area contributed by atoms with Gasteiger partial charge in [-0.1, -0.05) is 18.2 Å². The first-order chi connectivity index (χ1) is 7.22. The smallest absolute Gasteiger partial charge is 0.277 e. The number of nitro benzene ring substituents is 1. The first kappa shape index (κ1) is 9.45. The molecule has 0 atom stereocenters. The fourth-order valence-electron chi connectivity index (χ4n) is 1.52. The second-order valence-corrected chi connectivity index (χ2v) is 3.12. The highest BCUT2D eigenvalue weighted by atomic mass is 16.6. The molecule has 0 spiro atoms. The topological polar surface area (TPSA) is 52.4 Å². The molecule has 4 heteroatoms. The van der Waals surface area contributed by atoms with Gasteiger partial charge in [0.25, 0.3) is 5.69 Å². The lowest BCUT2D eigenvalue weighted by Gasteiger charge is -2.02. The normalized spacial score (nSPS) is 10.2. The van der Waals surface area contributed by atoms with E-state index in [1.165, 1.54) is 13.2 Å². The maximum Gasteiger partial charge on any atom is 0.277 e. The van der Waals surface area contributed by atoms with E-state index in [0.717, 1.165) is 5.39 Å². The summed E-state index contributed by atoms with van der Waals surface area (Å²) in [5.74, 6) is 0.622. The van der Waals surface area contributed by atoms with Gasteiger partial charge in [-0.3, -0.25) is 10.1 Å². The Morgan fingerprint density at radius 2 is 2.07 bits per heavy atom. The van der Waals surface area contributed by atoms with Crippen molar-refractivity contribution in [3.8, 4) is 5.75 Å². The SMILES string of the molecule is COc1ccc2cccc([N+](=O)[O-])c2c1. The first-order valence-electron chi connectivity index (χ1n) is 4.43. The minimum Gasteiger partial charge on any atom is -0.497 e. The minimum absolute atomic E-state index is 0.103. The van der Waals surface area contributed by atoms with E-state index < -0.39 is 0 Å². The molecule has 0 radical (unpaired) electrons. The Bertz CT molecular complexity index is 522. The fourth-order valence-corrected chi connectivity index (χ4v) is 1.52. The molecule has 2 aromatic carbocycles. The zero-order valence-electron chi connectivity index (χ0n) is 8.14. The average Bonchev–Trinajstić information content (AvgIpc) is 2.27. The van der Waals surface area contributed by atoms with Crippen LogP contribution in [0.4, 0.5) is 5.69 Å². The van der Waals surface area contributed by atoms with Crippen LogP contribution in [-0.4, -0.2) is 12.0 Å². The quantitative estimate of drug-likeness (QED) is 0.557. The molecule has 0 fully saturated rings. The summed E-state index contributed by atoms with van der Waals surface area (Å²) in [7, 11) is 1.54. The molecule has 0 heterocycles. The second-order valence-electron chi connectivity index (χ2n) is 3.12. The molecule has 0 aliphatic heterocycles. The van der Waals surface area contributed by atoms with Crippen LogP contribution in [-0.2, 0) is 0 Å². The van der Waals surface area contributed by atoms with Crippen molar-refractivity contribution < 1.29 is 9.66 Å². The highest BCUT2D eigenvalue weighted by molar-refractivity contribution is 5.91. The van der Waals surface area contributed by atoms with Gasteiger partial charge in [-0.05, 0) is 17.5 Å². The van der Waals surface area contributed by atoms with Crippen LogP contribution in [0.1, 0.15) is 0 Å². The van der Waals surface area contributed by atoms with Crippen molar-refractivity contribution in [1.82, 2.24) is 0 Å². The molecule has 0 bridgehead atoms. The summed E-state index contributed by atoms with van der Waals surface area (Å²) in [6.07, 6.45) is 0. The number of benzene rings is 2. The van der Waals surface area contributed by atoms with Gasteiger partial charge in [-0.15, -0.1) is 0 Å². The van der Waals surface area contributed by atoms with Gasteiger partial charge in [-0.2, -0.15) is 0 Å². The summed E-state index contributed by atoms with van der Waals surface area (Å²) in [5, 5.41) is 12.2. The van der Waals surface area contributed by atoms with Gasteiger partial charge in [0.15, 0.2) is 0 Å². The largest absolute Gasteiger partial charge is 0.497 e. The summed E-state index contributed by atoms with van der Waals surface area (Å²) in [6.45, 7) is 0. The maximum atomic E-state index is 10.8. The molecule has 2 rings (SSSR count). The molecule has 0 amide bonds. The third-order valence-corrected chi connectivity index (χ3v) is 2.26. The minimum atomic E-state index is -0.387. The summed E-state index contributed by atoms with van der Waals surface area (Å²) in [5.41, 5.74) is 0.103. The Morgan fingerprint density at radius 1 is 1.27 bits per heavy atom. The number of rotatable bonds is 2. The molecule has 15 heavy (non-hydrogen) atoms. The molecule has 0 saturated heterocycles. The number of nitrogens with zero attached hydrogens (tertiary/aromatic N) is 1. The van der Waals surface area contributed by atoms with E-state index in [1.54, 1.807) is 24.3 Å². The molecule has 0 unspecified atom stereocenters. The zero-order valence-corrected chi connectivity index (χ0v) is 8.14. The van der Waals surface area contributed by atoms with Gasteiger partial charge in [0.05, 0.1) is 17.4 Å². The van der Waals surface area contributed by atoms with Crippen LogP contribution in [0, 0.1) is 10.1 Å². The Labute approximate surface area is 86.2 Å². The summed E-state index contributed by atoms with van der Waals surface area (Å²) in [6, 6.07) is 10.3. The molecule has 0 N–H and O–H groups in total. The number of ether oxygens (including phenoxy) is 1. The van der Waals surface area contributed by atoms with E-state index in [0.29, 0.717) is 11.1 Å². The van der Waals surface area contributed by atoms with E-state index in [4.69, 9.17) is 4.74 Å². The predicted octanol–water partition coefficient (Wildman–Crippen LogP) is 2.76. The lowest BCUT2D eigenvalue weighted by Crippen LogP contribution is -1.90. The number of nitro groups is 1. The van der Waals surface area contributed by atoms with Crippen molar-refractivity contribution in [1.29, 1.82) is 0 Å². The van der Waals surface area contributed by atoms with Crippen molar-refractivity contribution in [2.75, 3.05) is 7.11 Å². The highest BCUT2D eigenvalue weighted by Crippen LogP contribution is 2.28. The number of methoxy groups -OCH3 is 1. The monoisotopic (exact) mass is 203 g/mol. The zero-order chi connectivity index (χ0) is 10.8. The third kappa shape index (κ3) is 1.61. The Balaban J connectivity index is 2.76. The van der Waals surface area contributed by atoms with E-state index in [-0.39, 0.29) is 10.6 Å². The highest BCUT2D eigenvalue weighted by Gasteiger charge is 2.11. The van der Waals surface area contributed by atoms with Crippen LogP contribution < -0.4 is 4.74 Å². The Hall–Kier alpha value is -2.10. The van der Waals surface area contributed by atoms with Crippen LogP contribution in [0.5, 0.6) is 5.75 Å². The predicted molar refractivity (Wildman–Crippen MR) is 57.2 cm³/mol. The van der Waals surface area contributed by atoms with Crippen molar-refractivity contribution in [2.45, 2.75) is 0 Å². The van der Waals surface area contributed by atoms with Gasteiger partial charge < -0.3 is 4.74 Å². The summed E-state index contributed by atoms with van der Waals surface area (Å²) < 4.78 is 5.03. The fraction of sp³-hybridized carbons (Fsp3) is 0.0909. The number of fused-ring (bicyclic) bond motifs is 1. The molecular formula is C11H9NO3. The standard InChI is InChI=1S/C11H9NO3/c1-15-9-6-5-8-3-2-4-11(12(13)14)10(8)7-9/h2-7H,1H3. The van der Waals surface area contributed by atoms with E-state index in [1.807, 2.05) is 6.07 Å². The van der Waals surface area contributed by atoms with Gasteiger partial charge >= 0.3 is 0 Å². The van der Waals surface area contributed by atoms with Crippen LogP contribution in [0.3, 0.4) is 0 Å². The Morgan fingerprint density at radius 3 is 2.73 bits per heavy atom. The van der Waals surface area contributed by atoms with E-state index >= 15 is 0 Å². The van der Waals surface area contributed by atoms with E-state index in [9.17, 15) is 10.1 Å². The maximum absolute atomic E-state index is 10.8. The molecule has 0 saturated carbocycles. The summed E-state index contributed by atoms with van der Waals surface area (Å²) >= 11 is 0. The molecule has 2 aromatic rings.